The Morgan fingerprint density at radius 1 is 1.25 bits per heavy atom. The van der Waals surface area contributed by atoms with E-state index in [1.807, 2.05) is 0 Å². The lowest BCUT2D eigenvalue weighted by Crippen LogP contribution is -2.15. The third kappa shape index (κ3) is 4.71. The van der Waals surface area contributed by atoms with Gasteiger partial charge in [0.1, 0.15) is 0 Å². The van der Waals surface area contributed by atoms with E-state index in [2.05, 4.69) is 9.47 Å². The number of carbonyl (C=O) groups excluding carboxylic acids is 2. The van der Waals surface area contributed by atoms with Gasteiger partial charge < -0.3 is 9.47 Å². The molecule has 0 aromatic heterocycles. The first kappa shape index (κ1) is 10.9. The van der Waals surface area contributed by atoms with E-state index < -0.39 is 0 Å². The van der Waals surface area contributed by atoms with Crippen molar-refractivity contribution in [3.63, 3.8) is 0 Å². The molecule has 0 aromatic rings. The molecule has 0 bridgehead atoms. The number of esters is 2. The Hall–Kier alpha value is -1.06. The molecule has 4 heteroatoms. The van der Waals surface area contributed by atoms with Crippen LogP contribution in [0.25, 0.3) is 0 Å². The maximum Gasteiger partial charge on any atom is 0.311 e. The molecule has 0 aromatic carbocycles. The number of hydrogen-bond donors (Lipinski definition) is 0. The molecule has 12 heavy (non-hydrogen) atoms. The molecule has 0 atom stereocenters. The predicted molar refractivity (Wildman–Crippen MR) is 42.2 cm³/mol. The molecule has 0 fully saturated rings. The van der Waals surface area contributed by atoms with Gasteiger partial charge in [0.2, 0.25) is 6.79 Å². The summed E-state index contributed by atoms with van der Waals surface area (Å²) in [5.74, 6) is -0.921. The highest BCUT2D eigenvalue weighted by Crippen LogP contribution is 1.96. The van der Waals surface area contributed by atoms with Gasteiger partial charge in [0.25, 0.3) is 0 Å². The highest BCUT2D eigenvalue weighted by molar-refractivity contribution is 5.72. The lowest BCUT2D eigenvalue weighted by Gasteiger charge is -2.06. The molecule has 0 N–H and O–H groups in total. The quantitative estimate of drug-likeness (QED) is 0.473. The fourth-order valence-electron chi connectivity index (χ4n) is 0.422. The van der Waals surface area contributed by atoms with Crippen LogP contribution >= 0.6 is 0 Å². The van der Waals surface area contributed by atoms with Crippen LogP contribution < -0.4 is 0 Å². The van der Waals surface area contributed by atoms with Gasteiger partial charge in [0.05, 0.1) is 5.92 Å². The minimum Gasteiger partial charge on any atom is -0.428 e. The summed E-state index contributed by atoms with van der Waals surface area (Å²) in [7, 11) is 0. The molecule has 0 spiro atoms. The minimum atomic E-state index is -0.369. The first-order valence-electron chi connectivity index (χ1n) is 3.90. The van der Waals surface area contributed by atoms with Crippen LogP contribution in [0.5, 0.6) is 0 Å². The van der Waals surface area contributed by atoms with E-state index in [0.29, 0.717) is 6.42 Å². The van der Waals surface area contributed by atoms with Crippen molar-refractivity contribution >= 4 is 11.9 Å². The van der Waals surface area contributed by atoms with Crippen LogP contribution in [0.1, 0.15) is 27.2 Å². The Morgan fingerprint density at radius 3 is 2.25 bits per heavy atom. The molecular weight excluding hydrogens is 160 g/mol. The topological polar surface area (TPSA) is 52.6 Å². The zero-order valence-corrected chi connectivity index (χ0v) is 7.62. The molecular formula is C8H14O4. The van der Waals surface area contributed by atoms with Gasteiger partial charge in [-0.15, -0.1) is 0 Å². The van der Waals surface area contributed by atoms with Gasteiger partial charge in [-0.05, 0) is 0 Å². The number of rotatable bonds is 4. The van der Waals surface area contributed by atoms with Crippen LogP contribution in [-0.4, -0.2) is 18.7 Å². The average molecular weight is 174 g/mol. The van der Waals surface area contributed by atoms with Gasteiger partial charge in [-0.3, -0.25) is 9.59 Å². The molecule has 0 saturated heterocycles. The molecule has 4 nitrogen and oxygen atoms in total. The number of ether oxygens (including phenoxy) is 2. The van der Waals surface area contributed by atoms with Crippen LogP contribution in [0.15, 0.2) is 0 Å². The van der Waals surface area contributed by atoms with E-state index in [1.165, 1.54) is 0 Å². The van der Waals surface area contributed by atoms with Crippen molar-refractivity contribution in [3.05, 3.63) is 0 Å². The van der Waals surface area contributed by atoms with Gasteiger partial charge >= 0.3 is 11.9 Å². The first-order valence-corrected chi connectivity index (χ1v) is 3.90. The van der Waals surface area contributed by atoms with Gasteiger partial charge in [-0.1, -0.05) is 20.8 Å². The maximum absolute atomic E-state index is 10.8. The molecule has 0 amide bonds. The van der Waals surface area contributed by atoms with Gasteiger partial charge in [0.15, 0.2) is 0 Å². The summed E-state index contributed by atoms with van der Waals surface area (Å²) in [6.07, 6.45) is 0.291. The Morgan fingerprint density at radius 2 is 1.83 bits per heavy atom. The highest BCUT2D eigenvalue weighted by Gasteiger charge is 2.08. The summed E-state index contributed by atoms with van der Waals surface area (Å²) < 4.78 is 9.12. The summed E-state index contributed by atoms with van der Waals surface area (Å²) in [5.41, 5.74) is 0. The van der Waals surface area contributed by atoms with E-state index in [4.69, 9.17) is 0 Å². The molecule has 0 rings (SSSR count). The Kier molecular flexibility index (Phi) is 5.08. The molecule has 0 aliphatic rings. The van der Waals surface area contributed by atoms with Crippen molar-refractivity contribution in [1.29, 1.82) is 0 Å². The van der Waals surface area contributed by atoms with Crippen LogP contribution in [0.4, 0.5) is 0 Å². The average Bonchev–Trinajstić information content (AvgIpc) is 2.03. The van der Waals surface area contributed by atoms with Crippen molar-refractivity contribution < 1.29 is 19.1 Å². The minimum absolute atomic E-state index is 0.190. The maximum atomic E-state index is 10.8. The summed E-state index contributed by atoms with van der Waals surface area (Å²) in [4.78, 5) is 21.3. The van der Waals surface area contributed by atoms with E-state index in [0.717, 1.165) is 0 Å². The second-order valence-corrected chi connectivity index (χ2v) is 2.61. The second kappa shape index (κ2) is 5.57. The standard InChI is InChI=1S/C8H14O4/c1-4-7(9)11-5-12-8(10)6(2)3/h6H,4-5H2,1-3H3. The Balaban J connectivity index is 3.44. The summed E-state index contributed by atoms with van der Waals surface area (Å²) >= 11 is 0. The second-order valence-electron chi connectivity index (χ2n) is 2.61. The summed E-state index contributed by atoms with van der Waals surface area (Å²) in [6, 6.07) is 0. The van der Waals surface area contributed by atoms with Crippen molar-refractivity contribution in [1.82, 2.24) is 0 Å². The number of hydrogen-bond acceptors (Lipinski definition) is 4. The fraction of sp³-hybridized carbons (Fsp3) is 0.750. The van der Waals surface area contributed by atoms with Crippen LogP contribution in [-0.2, 0) is 19.1 Å². The largest absolute Gasteiger partial charge is 0.428 e. The van der Waals surface area contributed by atoms with Gasteiger partial charge in [-0.2, -0.15) is 0 Å². The SMILES string of the molecule is CCC(=O)OCOC(=O)C(C)C. The third-order valence-corrected chi connectivity index (χ3v) is 1.18. The van der Waals surface area contributed by atoms with Crippen molar-refractivity contribution in [2.75, 3.05) is 6.79 Å². The van der Waals surface area contributed by atoms with E-state index >= 15 is 0 Å². The van der Waals surface area contributed by atoms with Crippen molar-refractivity contribution in [2.45, 2.75) is 27.2 Å². The normalized spacial score (nSPS) is 9.67. The van der Waals surface area contributed by atoms with Crippen LogP contribution in [0.2, 0.25) is 0 Å². The number of carbonyl (C=O) groups is 2. The van der Waals surface area contributed by atoms with E-state index in [-0.39, 0.29) is 24.6 Å². The molecule has 0 aliphatic heterocycles. The Bertz CT molecular complexity index is 162. The van der Waals surface area contributed by atoms with Crippen molar-refractivity contribution in [2.24, 2.45) is 5.92 Å². The van der Waals surface area contributed by atoms with Crippen molar-refractivity contribution in [3.8, 4) is 0 Å². The smallest absolute Gasteiger partial charge is 0.311 e. The highest BCUT2D eigenvalue weighted by atomic mass is 16.7. The zero-order valence-electron chi connectivity index (χ0n) is 7.62. The van der Waals surface area contributed by atoms with Gasteiger partial charge in [-0.25, -0.2) is 0 Å². The predicted octanol–water partition coefficient (Wildman–Crippen LogP) is 1.10. The zero-order chi connectivity index (χ0) is 9.56. The summed E-state index contributed by atoms with van der Waals surface area (Å²) in [5, 5.41) is 0. The fourth-order valence-corrected chi connectivity index (χ4v) is 0.422. The van der Waals surface area contributed by atoms with E-state index in [9.17, 15) is 9.59 Å². The van der Waals surface area contributed by atoms with E-state index in [1.54, 1.807) is 20.8 Å². The molecule has 0 aliphatic carbocycles. The lowest BCUT2D eigenvalue weighted by molar-refractivity contribution is -0.169. The monoisotopic (exact) mass is 174 g/mol. The molecule has 0 radical (unpaired) electrons. The molecule has 0 heterocycles. The van der Waals surface area contributed by atoms with Crippen LogP contribution in [0, 0.1) is 5.92 Å². The van der Waals surface area contributed by atoms with Crippen LogP contribution in [0.3, 0.4) is 0 Å². The molecule has 0 saturated carbocycles. The first-order chi connectivity index (χ1) is 5.57. The summed E-state index contributed by atoms with van der Waals surface area (Å²) in [6.45, 7) is 4.82. The third-order valence-electron chi connectivity index (χ3n) is 1.18. The Labute approximate surface area is 71.8 Å². The lowest BCUT2D eigenvalue weighted by atomic mass is 10.2. The van der Waals surface area contributed by atoms with Gasteiger partial charge in [0, 0.05) is 6.42 Å². The molecule has 70 valence electrons. The molecule has 0 unspecified atom stereocenters.